The molecule has 0 aliphatic carbocycles. The Labute approximate surface area is 87.4 Å². The summed E-state index contributed by atoms with van der Waals surface area (Å²) in [7, 11) is 0. The fraction of sp³-hybridized carbons (Fsp3) is 0. The third-order valence-corrected chi connectivity index (χ3v) is 2.68. The Morgan fingerprint density at radius 3 is 2.60 bits per heavy atom. The van der Waals surface area contributed by atoms with Gasteiger partial charge in [0, 0.05) is 22.7 Å². The minimum atomic E-state index is 0.818. The van der Waals surface area contributed by atoms with Gasteiger partial charge in [-0.1, -0.05) is 24.3 Å². The quantitative estimate of drug-likeness (QED) is 0.441. The summed E-state index contributed by atoms with van der Waals surface area (Å²) in [5.41, 5.74) is 7.75. The Balaban J connectivity index is 2.60. The minimum absolute atomic E-state index is 0.818. The molecule has 15 heavy (non-hydrogen) atoms. The molecule has 0 radical (unpaired) electrons. The summed E-state index contributed by atoms with van der Waals surface area (Å²) in [6.45, 7) is 0. The van der Waals surface area contributed by atoms with E-state index < -0.39 is 0 Å². The predicted octanol–water partition coefficient (Wildman–Crippen LogP) is 2.97. The van der Waals surface area contributed by atoms with Crippen LogP contribution in [0.4, 0.5) is 5.69 Å². The lowest BCUT2D eigenvalue weighted by Crippen LogP contribution is -1.87. The van der Waals surface area contributed by atoms with Gasteiger partial charge in [-0.15, -0.1) is 0 Å². The number of rotatable bonds is 0. The summed E-state index contributed by atoms with van der Waals surface area (Å²) in [5.74, 6) is 0. The molecular formula is C13H10N2. The first-order valence-electron chi connectivity index (χ1n) is 4.88. The number of fused-ring (bicyclic) bond motifs is 3. The number of hydrogen-bond acceptors (Lipinski definition) is 2. The molecule has 0 saturated heterocycles. The second-order valence-corrected chi connectivity index (χ2v) is 3.58. The third-order valence-electron chi connectivity index (χ3n) is 2.68. The molecule has 3 rings (SSSR count). The molecule has 2 aromatic carbocycles. The number of nitrogen functional groups attached to an aromatic ring is 1. The van der Waals surface area contributed by atoms with E-state index in [1.54, 1.807) is 6.20 Å². The van der Waals surface area contributed by atoms with E-state index in [-0.39, 0.29) is 0 Å². The zero-order valence-corrected chi connectivity index (χ0v) is 8.14. The van der Waals surface area contributed by atoms with Gasteiger partial charge in [0.25, 0.3) is 0 Å². The first kappa shape index (κ1) is 8.24. The topological polar surface area (TPSA) is 38.9 Å². The van der Waals surface area contributed by atoms with E-state index in [2.05, 4.69) is 17.1 Å². The highest BCUT2D eigenvalue weighted by molar-refractivity contribution is 6.09. The maximum Gasteiger partial charge on any atom is 0.0708 e. The van der Waals surface area contributed by atoms with E-state index in [0.29, 0.717) is 0 Å². The van der Waals surface area contributed by atoms with Crippen LogP contribution in [-0.4, -0.2) is 4.98 Å². The van der Waals surface area contributed by atoms with E-state index in [0.717, 1.165) is 22.0 Å². The molecule has 0 spiro atoms. The number of pyridine rings is 1. The first-order valence-corrected chi connectivity index (χ1v) is 4.88. The average Bonchev–Trinajstić information content (AvgIpc) is 2.29. The minimum Gasteiger partial charge on any atom is -0.398 e. The summed E-state index contributed by atoms with van der Waals surface area (Å²) in [6.07, 6.45) is 1.81. The summed E-state index contributed by atoms with van der Waals surface area (Å²) >= 11 is 0. The van der Waals surface area contributed by atoms with Crippen molar-refractivity contribution in [2.24, 2.45) is 0 Å². The van der Waals surface area contributed by atoms with Gasteiger partial charge in [-0.05, 0) is 23.6 Å². The Bertz CT molecular complexity index is 644. The zero-order chi connectivity index (χ0) is 10.3. The monoisotopic (exact) mass is 194 g/mol. The van der Waals surface area contributed by atoms with Gasteiger partial charge in [0.2, 0.25) is 0 Å². The van der Waals surface area contributed by atoms with Gasteiger partial charge in [0.1, 0.15) is 0 Å². The van der Waals surface area contributed by atoms with Crippen LogP contribution in [0.3, 0.4) is 0 Å². The standard InChI is InChI=1S/C13H10N2/c14-12-5-1-3-9-10(12)6-7-13-11(9)4-2-8-15-13/h1-8H,14H2. The third kappa shape index (κ3) is 1.15. The highest BCUT2D eigenvalue weighted by atomic mass is 14.6. The molecule has 0 atom stereocenters. The molecule has 2 heteroatoms. The van der Waals surface area contributed by atoms with Crippen LogP contribution >= 0.6 is 0 Å². The van der Waals surface area contributed by atoms with Crippen LogP contribution in [0.2, 0.25) is 0 Å². The molecule has 72 valence electrons. The number of benzene rings is 2. The van der Waals surface area contributed by atoms with Crippen molar-refractivity contribution < 1.29 is 0 Å². The molecule has 2 nitrogen and oxygen atoms in total. The van der Waals surface area contributed by atoms with Crippen molar-refractivity contribution in [1.82, 2.24) is 4.98 Å². The number of nitrogens with zero attached hydrogens (tertiary/aromatic N) is 1. The molecule has 2 N–H and O–H groups in total. The van der Waals surface area contributed by atoms with Gasteiger partial charge < -0.3 is 5.73 Å². The van der Waals surface area contributed by atoms with Crippen molar-refractivity contribution in [3.63, 3.8) is 0 Å². The molecule has 0 unspecified atom stereocenters. The molecule has 0 aliphatic heterocycles. The second-order valence-electron chi connectivity index (χ2n) is 3.58. The largest absolute Gasteiger partial charge is 0.398 e. The van der Waals surface area contributed by atoms with E-state index in [9.17, 15) is 0 Å². The van der Waals surface area contributed by atoms with Crippen molar-refractivity contribution in [3.05, 3.63) is 48.7 Å². The van der Waals surface area contributed by atoms with Gasteiger partial charge in [0.15, 0.2) is 0 Å². The summed E-state index contributed by atoms with van der Waals surface area (Å²) in [4.78, 5) is 4.32. The number of anilines is 1. The van der Waals surface area contributed by atoms with Crippen LogP contribution in [0.5, 0.6) is 0 Å². The van der Waals surface area contributed by atoms with Crippen LogP contribution < -0.4 is 5.73 Å². The van der Waals surface area contributed by atoms with Crippen LogP contribution in [0, 0.1) is 0 Å². The zero-order valence-electron chi connectivity index (χ0n) is 8.14. The van der Waals surface area contributed by atoms with E-state index >= 15 is 0 Å². The van der Waals surface area contributed by atoms with Gasteiger partial charge >= 0.3 is 0 Å². The van der Waals surface area contributed by atoms with Crippen molar-refractivity contribution >= 4 is 27.4 Å². The Morgan fingerprint density at radius 1 is 0.800 bits per heavy atom. The normalized spacial score (nSPS) is 10.9. The molecule has 1 aromatic heterocycles. The number of aromatic nitrogens is 1. The fourth-order valence-corrected chi connectivity index (χ4v) is 1.94. The molecule has 0 amide bonds. The maximum absolute atomic E-state index is 5.93. The summed E-state index contributed by atoms with van der Waals surface area (Å²) < 4.78 is 0. The van der Waals surface area contributed by atoms with Gasteiger partial charge in [-0.2, -0.15) is 0 Å². The Morgan fingerprint density at radius 2 is 1.67 bits per heavy atom. The van der Waals surface area contributed by atoms with Crippen LogP contribution in [0.15, 0.2) is 48.7 Å². The van der Waals surface area contributed by atoms with Crippen molar-refractivity contribution in [3.8, 4) is 0 Å². The van der Waals surface area contributed by atoms with Crippen molar-refractivity contribution in [2.45, 2.75) is 0 Å². The molecule has 0 saturated carbocycles. The van der Waals surface area contributed by atoms with E-state index in [1.807, 2.05) is 30.3 Å². The summed E-state index contributed by atoms with van der Waals surface area (Å²) in [6, 6.07) is 14.0. The summed E-state index contributed by atoms with van der Waals surface area (Å²) in [5, 5.41) is 3.42. The van der Waals surface area contributed by atoms with Crippen LogP contribution in [0.1, 0.15) is 0 Å². The number of nitrogens with two attached hydrogens (primary N) is 1. The van der Waals surface area contributed by atoms with E-state index in [4.69, 9.17) is 5.73 Å². The van der Waals surface area contributed by atoms with Crippen molar-refractivity contribution in [1.29, 1.82) is 0 Å². The number of hydrogen-bond donors (Lipinski definition) is 1. The smallest absolute Gasteiger partial charge is 0.0708 e. The van der Waals surface area contributed by atoms with Gasteiger partial charge in [-0.25, -0.2) is 0 Å². The lowest BCUT2D eigenvalue weighted by Gasteiger charge is -2.04. The fourth-order valence-electron chi connectivity index (χ4n) is 1.94. The lowest BCUT2D eigenvalue weighted by molar-refractivity contribution is 1.42. The Hall–Kier alpha value is -2.09. The molecule has 0 bridgehead atoms. The average molecular weight is 194 g/mol. The molecule has 0 aliphatic rings. The first-order chi connectivity index (χ1) is 7.36. The molecule has 0 fully saturated rings. The molecular weight excluding hydrogens is 184 g/mol. The second kappa shape index (κ2) is 2.95. The maximum atomic E-state index is 5.93. The van der Waals surface area contributed by atoms with Crippen LogP contribution in [-0.2, 0) is 0 Å². The van der Waals surface area contributed by atoms with Crippen molar-refractivity contribution in [2.75, 3.05) is 5.73 Å². The Kier molecular flexibility index (Phi) is 1.62. The van der Waals surface area contributed by atoms with E-state index in [1.165, 1.54) is 5.39 Å². The van der Waals surface area contributed by atoms with Crippen LogP contribution in [0.25, 0.3) is 21.7 Å². The molecule has 1 heterocycles. The van der Waals surface area contributed by atoms with Gasteiger partial charge in [0.05, 0.1) is 5.52 Å². The van der Waals surface area contributed by atoms with Gasteiger partial charge in [-0.3, -0.25) is 4.98 Å². The lowest BCUT2D eigenvalue weighted by atomic mass is 10.0. The predicted molar refractivity (Wildman–Crippen MR) is 63.7 cm³/mol. The highest BCUT2D eigenvalue weighted by Crippen LogP contribution is 2.27. The highest BCUT2D eigenvalue weighted by Gasteiger charge is 2.01. The molecule has 3 aromatic rings. The SMILES string of the molecule is Nc1cccc2c1ccc1ncccc12.